The lowest BCUT2D eigenvalue weighted by Gasteiger charge is -2.29. The van der Waals surface area contributed by atoms with E-state index in [2.05, 4.69) is 68.1 Å². The van der Waals surface area contributed by atoms with Crippen LogP contribution in [0, 0.1) is 5.92 Å². The number of rotatable bonds is 47. The summed E-state index contributed by atoms with van der Waals surface area (Å²) in [5, 5.41) is 56.1. The summed E-state index contributed by atoms with van der Waals surface area (Å²) in [5.41, 5.74) is 50.7. The number of aliphatic hydroxyl groups excluding tert-OH is 2. The highest BCUT2D eigenvalue weighted by molar-refractivity contribution is 7.98. The molecule has 31 N–H and O–H groups in total. The first-order valence-corrected chi connectivity index (χ1v) is 33.2. The number of thioether (sulfide) groups is 1. The summed E-state index contributed by atoms with van der Waals surface area (Å²) in [6, 6.07) is -1.18. The molecule has 2 rings (SSSR count). The molecular weight excluding hydrogens is 1310 g/mol. The minimum atomic E-state index is -1.91. The van der Waals surface area contributed by atoms with E-state index in [9.17, 15) is 72.9 Å². The van der Waals surface area contributed by atoms with E-state index in [-0.39, 0.29) is 113 Å². The molecule has 0 aliphatic carbocycles. The number of nitrogens with two attached hydrogens (primary N) is 9. The van der Waals surface area contributed by atoms with Crippen molar-refractivity contribution in [2.45, 2.75) is 164 Å². The number of primary amides is 2. The third kappa shape index (κ3) is 34.6. The fraction of sp³-hybridized carbons (Fsp3) is 0.557. The molecule has 0 spiro atoms. The Balaban J connectivity index is 2.57. The topological polar surface area (TPSA) is 657 Å². The first kappa shape index (κ1) is 85.0. The molecule has 38 heteroatoms. The Morgan fingerprint density at radius 1 is 0.475 bits per heavy atom. The van der Waals surface area contributed by atoms with Gasteiger partial charge in [-0.2, -0.15) is 11.8 Å². The molecule has 0 aliphatic heterocycles. The number of phenols is 1. The minimum absolute atomic E-state index is 0.0194. The van der Waals surface area contributed by atoms with Crippen LogP contribution in [0.4, 0.5) is 0 Å². The molecule has 0 bridgehead atoms. The molecule has 0 aliphatic rings. The summed E-state index contributed by atoms with van der Waals surface area (Å²) >= 11 is 1.43. The van der Waals surface area contributed by atoms with Gasteiger partial charge in [0.25, 0.3) is 0 Å². The molecule has 0 unspecified atom stereocenters. The number of guanidine groups is 3. The maximum atomic E-state index is 14.7. The Morgan fingerprint density at radius 3 is 1.37 bits per heavy atom. The molecule has 0 fully saturated rings. The molecule has 0 heterocycles. The molecule has 0 aromatic heterocycles. The zero-order valence-electron chi connectivity index (χ0n) is 56.0. The average molecular weight is 1410 g/mol. The number of carbonyl (C=O) groups excluding carboxylic acids is 12. The lowest BCUT2D eigenvalue weighted by atomic mass is 10.0. The zero-order valence-corrected chi connectivity index (χ0v) is 56.9. The van der Waals surface area contributed by atoms with Crippen LogP contribution in [0.25, 0.3) is 0 Å². The second kappa shape index (κ2) is 45.4. The van der Waals surface area contributed by atoms with E-state index < -0.39 is 163 Å². The fourth-order valence-electron chi connectivity index (χ4n) is 9.40. The number of benzene rings is 2. The molecule has 0 saturated heterocycles. The normalized spacial score (nSPS) is 14.3. The number of amides is 12. The van der Waals surface area contributed by atoms with Gasteiger partial charge in [-0.15, -0.1) is 0 Å². The number of hydrogen-bond acceptors (Lipinski definition) is 20. The van der Waals surface area contributed by atoms with Gasteiger partial charge in [-0.05, 0) is 106 Å². The summed E-state index contributed by atoms with van der Waals surface area (Å²) < 4.78 is 0. The number of aliphatic hydroxyl groups is 2. The summed E-state index contributed by atoms with van der Waals surface area (Å²) in [4.78, 5) is 176. The zero-order chi connectivity index (χ0) is 74.3. The Morgan fingerprint density at radius 2 is 0.899 bits per heavy atom. The molecule has 0 saturated carbocycles. The Bertz CT molecular complexity index is 3080. The highest BCUT2D eigenvalue weighted by Gasteiger charge is 2.37. The van der Waals surface area contributed by atoms with Crippen LogP contribution in [0.2, 0.25) is 0 Å². The third-order valence-electron chi connectivity index (χ3n) is 14.6. The van der Waals surface area contributed by atoms with E-state index in [1.807, 2.05) is 6.26 Å². The first-order valence-electron chi connectivity index (χ1n) is 31.8. The summed E-state index contributed by atoms with van der Waals surface area (Å²) in [6.45, 7) is 2.99. The van der Waals surface area contributed by atoms with Crippen LogP contribution in [0.1, 0.15) is 96.1 Å². The lowest BCUT2D eigenvalue weighted by molar-refractivity contribution is -0.137. The van der Waals surface area contributed by atoms with Crippen molar-refractivity contribution in [2.75, 3.05) is 44.8 Å². The first-order chi connectivity index (χ1) is 46.7. The van der Waals surface area contributed by atoms with Gasteiger partial charge in [0.15, 0.2) is 17.9 Å². The molecule has 2 aromatic carbocycles. The summed E-state index contributed by atoms with van der Waals surface area (Å²) in [7, 11) is 0. The maximum absolute atomic E-state index is 14.7. The van der Waals surface area contributed by atoms with Crippen LogP contribution in [0.3, 0.4) is 0 Å². The smallest absolute Gasteiger partial charge is 0.245 e. The van der Waals surface area contributed by atoms with Crippen LogP contribution in [-0.4, -0.2) is 215 Å². The summed E-state index contributed by atoms with van der Waals surface area (Å²) in [6.07, 6.45) is -1.34. The van der Waals surface area contributed by atoms with Gasteiger partial charge in [0, 0.05) is 38.9 Å². The van der Waals surface area contributed by atoms with Crippen molar-refractivity contribution in [2.24, 2.45) is 72.5 Å². The van der Waals surface area contributed by atoms with Gasteiger partial charge in [0.2, 0.25) is 70.9 Å². The fourth-order valence-corrected chi connectivity index (χ4v) is 9.87. The van der Waals surface area contributed by atoms with Gasteiger partial charge in [0.1, 0.15) is 60.1 Å². The van der Waals surface area contributed by atoms with E-state index in [0.29, 0.717) is 16.9 Å². The van der Waals surface area contributed by atoms with E-state index in [1.54, 1.807) is 44.2 Å². The van der Waals surface area contributed by atoms with Crippen molar-refractivity contribution in [1.82, 2.24) is 53.2 Å². The maximum Gasteiger partial charge on any atom is 0.245 e. The third-order valence-corrected chi connectivity index (χ3v) is 15.3. The van der Waals surface area contributed by atoms with Gasteiger partial charge in [-0.25, -0.2) is 0 Å². The van der Waals surface area contributed by atoms with Gasteiger partial charge in [-0.1, -0.05) is 56.3 Å². The van der Waals surface area contributed by atoms with Crippen LogP contribution < -0.4 is 105 Å². The molecule has 99 heavy (non-hydrogen) atoms. The molecule has 2 aromatic rings. The average Bonchev–Trinajstić information content (AvgIpc) is 0.871. The van der Waals surface area contributed by atoms with Crippen molar-refractivity contribution >= 4 is 101 Å². The van der Waals surface area contributed by atoms with Crippen LogP contribution in [-0.2, 0) is 70.4 Å². The van der Waals surface area contributed by atoms with Crippen molar-refractivity contribution in [3.8, 4) is 5.75 Å². The molecule has 11 atom stereocenters. The molecule has 550 valence electrons. The standard InChI is InChI=1S/C61H100N22O15S/c1-32(2)27-42(55(95)76-38(49(64)89)22-26-99-4)75-47(88)30-74-51(91)43(29-35-16-18-36(86)19-17-35)80-56(96)44(28-34-11-6-5-7-12-34)81-53(93)41(20-21-46(63)87)78-52(92)39(14-9-24-72-60(67)68)79-58(98)48(33(3)85)83-54(94)40(15-10-25-73-61(69)70)77-57(97)45(31-84)82-50(90)37(62)13-8-23-71-59(65)66/h5-7,11-12,16-19,32-33,37-45,48,84-86H,8-10,13-15,20-31,62H2,1-4H3,(H2,63,87)(H2,64,89)(H,74,91)(H,75,88)(H,76,95)(H,77,97)(H,78,92)(H,79,98)(H,80,96)(H,81,93)(H,82,90)(H,83,94)(H4,65,66,71)(H4,67,68,72)(H4,69,70,73)/t33-,37-,38+,39-,40+,41-,42+,43-,44-,45+,48+/m1/s1. The van der Waals surface area contributed by atoms with Gasteiger partial charge < -0.3 is 120 Å². The number of phenolic OH excluding ortho intramolecular Hbond substituents is 1. The number of carbonyl (C=O) groups is 12. The lowest BCUT2D eigenvalue weighted by Crippen LogP contribution is -2.62. The highest BCUT2D eigenvalue weighted by Crippen LogP contribution is 2.15. The molecular formula is C61H100N22O15S. The predicted octanol–water partition coefficient (Wildman–Crippen LogP) is -7.93. The van der Waals surface area contributed by atoms with Gasteiger partial charge in [0.05, 0.1) is 25.3 Å². The Labute approximate surface area is 577 Å². The SMILES string of the molecule is CSCC[C@H](NC(=O)[C@H](CC(C)C)NC(=O)CNC(=O)[C@@H](Cc1ccc(O)cc1)NC(=O)[C@@H](Cc1ccccc1)NC(=O)[C@@H](CCC(N)=O)NC(=O)[C@@H](CCCN=C(N)N)NC(=O)[C@@H](NC(=O)[C@H](CCCN=C(N)N)NC(=O)[C@H](CO)NC(=O)[C@H](N)CCCN=C(N)N)[C@@H](C)O)C(N)=O. The van der Waals surface area contributed by atoms with E-state index in [0.717, 1.165) is 6.92 Å². The monoisotopic (exact) mass is 1410 g/mol. The van der Waals surface area contributed by atoms with Crippen molar-refractivity contribution in [3.05, 3.63) is 65.7 Å². The largest absolute Gasteiger partial charge is 0.508 e. The number of hydrogen-bond donors (Lipinski definition) is 22. The van der Waals surface area contributed by atoms with E-state index in [1.165, 1.54) is 36.0 Å². The van der Waals surface area contributed by atoms with Gasteiger partial charge >= 0.3 is 0 Å². The van der Waals surface area contributed by atoms with Crippen LogP contribution >= 0.6 is 11.8 Å². The minimum Gasteiger partial charge on any atom is -0.508 e. The predicted molar refractivity (Wildman–Crippen MR) is 369 cm³/mol. The summed E-state index contributed by atoms with van der Waals surface area (Å²) in [5.74, 6) is -12.1. The van der Waals surface area contributed by atoms with Crippen LogP contribution in [0.15, 0.2) is 69.6 Å². The van der Waals surface area contributed by atoms with Crippen LogP contribution in [0.5, 0.6) is 5.75 Å². The second-order valence-corrected chi connectivity index (χ2v) is 24.5. The molecule has 0 radical (unpaired) electrons. The second-order valence-electron chi connectivity index (χ2n) is 23.5. The number of nitrogens with zero attached hydrogens (tertiary/aromatic N) is 3. The number of nitrogens with one attached hydrogen (secondary N) is 10. The molecule has 12 amide bonds. The Kier molecular flexibility index (Phi) is 39.0. The highest BCUT2D eigenvalue weighted by atomic mass is 32.2. The van der Waals surface area contributed by atoms with Crippen molar-refractivity contribution in [1.29, 1.82) is 0 Å². The van der Waals surface area contributed by atoms with Gasteiger partial charge in [-0.3, -0.25) is 72.5 Å². The Hall–Kier alpha value is -10.1. The number of aromatic hydroxyl groups is 1. The van der Waals surface area contributed by atoms with Crippen molar-refractivity contribution < 1.29 is 72.9 Å². The quantitative estimate of drug-likeness (QED) is 0.0166. The van der Waals surface area contributed by atoms with E-state index >= 15 is 0 Å². The molecule has 37 nitrogen and oxygen atoms in total. The van der Waals surface area contributed by atoms with Crippen molar-refractivity contribution in [3.63, 3.8) is 0 Å². The van der Waals surface area contributed by atoms with E-state index in [4.69, 9.17) is 51.6 Å². The number of aliphatic imine (C=N–C) groups is 3.